The zero-order chi connectivity index (χ0) is 15.6. The second-order valence-electron chi connectivity index (χ2n) is 5.74. The van der Waals surface area contributed by atoms with Gasteiger partial charge in [0.2, 0.25) is 5.89 Å². The van der Waals surface area contributed by atoms with E-state index in [1.54, 1.807) is 31.2 Å². The van der Waals surface area contributed by atoms with Crippen molar-refractivity contribution < 1.29 is 9.32 Å². The molecule has 0 radical (unpaired) electrons. The van der Waals surface area contributed by atoms with Gasteiger partial charge in [0.15, 0.2) is 5.82 Å². The summed E-state index contributed by atoms with van der Waals surface area (Å²) < 4.78 is 5.12. The monoisotopic (exact) mass is 319 g/mol. The molecule has 1 fully saturated rings. The van der Waals surface area contributed by atoms with Crippen molar-refractivity contribution in [2.24, 2.45) is 0 Å². The maximum Gasteiger partial charge on any atom is 0.252 e. The van der Waals surface area contributed by atoms with Gasteiger partial charge in [-0.3, -0.25) is 4.79 Å². The fraction of sp³-hybridized carbons (Fsp3) is 0.438. The maximum atomic E-state index is 12.6. The summed E-state index contributed by atoms with van der Waals surface area (Å²) in [6.07, 6.45) is 4.86. The van der Waals surface area contributed by atoms with Gasteiger partial charge >= 0.3 is 0 Å². The molecule has 22 heavy (non-hydrogen) atoms. The van der Waals surface area contributed by atoms with Crippen molar-refractivity contribution in [2.75, 3.05) is 0 Å². The van der Waals surface area contributed by atoms with Crippen LogP contribution in [0.3, 0.4) is 0 Å². The first-order valence-corrected chi connectivity index (χ1v) is 7.86. The van der Waals surface area contributed by atoms with Gasteiger partial charge in [0.25, 0.3) is 5.91 Å². The summed E-state index contributed by atoms with van der Waals surface area (Å²) >= 11 is 5.97. The lowest BCUT2D eigenvalue weighted by atomic mass is 9.80. The van der Waals surface area contributed by atoms with E-state index in [2.05, 4.69) is 15.5 Å². The lowest BCUT2D eigenvalue weighted by Gasteiger charge is -2.35. The van der Waals surface area contributed by atoms with E-state index in [1.165, 1.54) is 0 Å². The Hall–Kier alpha value is -1.88. The topological polar surface area (TPSA) is 68.0 Å². The molecule has 2 aromatic rings. The number of aryl methyl sites for hydroxylation is 1. The van der Waals surface area contributed by atoms with Gasteiger partial charge in [0.05, 0.1) is 0 Å². The molecule has 6 heteroatoms. The molecule has 1 saturated carbocycles. The third kappa shape index (κ3) is 2.99. The van der Waals surface area contributed by atoms with Crippen LogP contribution >= 0.6 is 11.6 Å². The molecule has 116 valence electrons. The number of nitrogens with one attached hydrogen (secondary N) is 1. The fourth-order valence-electron chi connectivity index (χ4n) is 2.97. The zero-order valence-electron chi connectivity index (χ0n) is 12.4. The largest absolute Gasteiger partial charge is 0.340 e. The zero-order valence-corrected chi connectivity index (χ0v) is 13.2. The van der Waals surface area contributed by atoms with Gasteiger partial charge in [-0.2, -0.15) is 4.98 Å². The molecule has 1 aromatic heterocycles. The number of halogens is 1. The molecule has 0 spiro atoms. The molecule has 5 nitrogen and oxygen atoms in total. The molecule has 1 heterocycles. The molecular formula is C16H18ClN3O2. The van der Waals surface area contributed by atoms with Crippen LogP contribution < -0.4 is 5.32 Å². The van der Waals surface area contributed by atoms with Crippen LogP contribution in [0.5, 0.6) is 0 Å². The number of amides is 1. The summed E-state index contributed by atoms with van der Waals surface area (Å²) in [5.41, 5.74) is -0.00671. The lowest BCUT2D eigenvalue weighted by Crippen LogP contribution is -2.48. The first kappa shape index (κ1) is 15.0. The second-order valence-corrected chi connectivity index (χ2v) is 6.18. The average Bonchev–Trinajstić information content (AvgIpc) is 2.95. The highest BCUT2D eigenvalue weighted by Crippen LogP contribution is 2.36. The summed E-state index contributed by atoms with van der Waals surface area (Å²) in [6, 6.07) is 6.93. The molecule has 1 N–H and O–H groups in total. The highest BCUT2D eigenvalue weighted by Gasteiger charge is 2.39. The molecule has 1 aliphatic rings. The molecule has 0 saturated heterocycles. The van der Waals surface area contributed by atoms with Crippen LogP contribution in [0.25, 0.3) is 0 Å². The predicted octanol–water partition coefficient (Wildman–Crippen LogP) is 3.62. The number of carbonyl (C=O) groups is 1. The quantitative estimate of drug-likeness (QED) is 0.938. The van der Waals surface area contributed by atoms with E-state index in [1.807, 2.05) is 0 Å². The van der Waals surface area contributed by atoms with E-state index in [9.17, 15) is 4.79 Å². The number of carbonyl (C=O) groups excluding carboxylic acids is 1. The summed E-state index contributed by atoms with van der Waals surface area (Å²) in [5, 5.41) is 7.71. The van der Waals surface area contributed by atoms with Gasteiger partial charge in [-0.05, 0) is 31.0 Å². The Morgan fingerprint density at radius 3 is 2.73 bits per heavy atom. The SMILES string of the molecule is Cc1nc(C2(NC(=O)c3cccc(Cl)c3)CCCCC2)no1. The van der Waals surface area contributed by atoms with Gasteiger partial charge in [0.1, 0.15) is 5.54 Å². The molecule has 1 aliphatic carbocycles. The van der Waals surface area contributed by atoms with Crippen LogP contribution in [-0.2, 0) is 5.54 Å². The van der Waals surface area contributed by atoms with Gasteiger partial charge in [-0.25, -0.2) is 0 Å². The van der Waals surface area contributed by atoms with Crippen LogP contribution in [0.4, 0.5) is 0 Å². The summed E-state index contributed by atoms with van der Waals surface area (Å²) in [5.74, 6) is 0.920. The summed E-state index contributed by atoms with van der Waals surface area (Å²) in [7, 11) is 0. The van der Waals surface area contributed by atoms with Crippen molar-refractivity contribution in [1.29, 1.82) is 0 Å². The molecule has 3 rings (SSSR count). The van der Waals surface area contributed by atoms with E-state index >= 15 is 0 Å². The number of nitrogens with zero attached hydrogens (tertiary/aromatic N) is 2. The van der Waals surface area contributed by atoms with Crippen LogP contribution in [0.15, 0.2) is 28.8 Å². The minimum Gasteiger partial charge on any atom is -0.340 e. The summed E-state index contributed by atoms with van der Waals surface area (Å²) in [4.78, 5) is 16.9. The van der Waals surface area contributed by atoms with Gasteiger partial charge in [-0.1, -0.05) is 42.1 Å². The fourth-order valence-corrected chi connectivity index (χ4v) is 3.16. The number of hydrogen-bond donors (Lipinski definition) is 1. The molecule has 0 bridgehead atoms. The number of benzene rings is 1. The summed E-state index contributed by atoms with van der Waals surface area (Å²) in [6.45, 7) is 1.76. The third-order valence-corrected chi connectivity index (χ3v) is 4.34. The molecule has 0 unspecified atom stereocenters. The normalized spacial score (nSPS) is 17.2. The maximum absolute atomic E-state index is 12.6. The third-order valence-electron chi connectivity index (χ3n) is 4.10. The Labute approximate surface area is 134 Å². The first-order valence-electron chi connectivity index (χ1n) is 7.48. The van der Waals surface area contributed by atoms with Gasteiger partial charge in [0, 0.05) is 17.5 Å². The van der Waals surface area contributed by atoms with Crippen molar-refractivity contribution in [2.45, 2.75) is 44.6 Å². The highest BCUT2D eigenvalue weighted by atomic mass is 35.5. The van der Waals surface area contributed by atoms with Crippen LogP contribution in [0.2, 0.25) is 5.02 Å². The molecule has 1 amide bonds. The lowest BCUT2D eigenvalue weighted by molar-refractivity contribution is 0.0855. The number of aromatic nitrogens is 2. The standard InChI is InChI=1S/C16H18ClN3O2/c1-11-18-15(20-22-11)16(8-3-2-4-9-16)19-14(21)12-6-5-7-13(17)10-12/h5-7,10H,2-4,8-9H2,1H3,(H,19,21). The Morgan fingerprint density at radius 2 is 2.09 bits per heavy atom. The molecule has 0 atom stereocenters. The van der Waals surface area contributed by atoms with Crippen molar-refractivity contribution in [3.63, 3.8) is 0 Å². The van der Waals surface area contributed by atoms with Crippen molar-refractivity contribution >= 4 is 17.5 Å². The number of hydrogen-bond acceptors (Lipinski definition) is 4. The van der Waals surface area contributed by atoms with Crippen molar-refractivity contribution in [3.8, 4) is 0 Å². The molecule has 1 aromatic carbocycles. The first-order chi connectivity index (χ1) is 10.6. The molecule has 0 aliphatic heterocycles. The van der Waals surface area contributed by atoms with Crippen molar-refractivity contribution in [3.05, 3.63) is 46.6 Å². The predicted molar refractivity (Wildman–Crippen MR) is 82.7 cm³/mol. The van der Waals surface area contributed by atoms with E-state index < -0.39 is 5.54 Å². The Bertz CT molecular complexity index is 678. The highest BCUT2D eigenvalue weighted by molar-refractivity contribution is 6.30. The Morgan fingerprint density at radius 1 is 1.32 bits per heavy atom. The van der Waals surface area contributed by atoms with E-state index in [-0.39, 0.29) is 5.91 Å². The minimum absolute atomic E-state index is 0.160. The van der Waals surface area contributed by atoms with Crippen LogP contribution in [0.1, 0.15) is 54.2 Å². The Balaban J connectivity index is 1.89. The van der Waals surface area contributed by atoms with Crippen molar-refractivity contribution in [1.82, 2.24) is 15.5 Å². The van der Waals surface area contributed by atoms with E-state index in [0.717, 1.165) is 32.1 Å². The second kappa shape index (κ2) is 6.08. The van der Waals surface area contributed by atoms with E-state index in [0.29, 0.717) is 22.3 Å². The average molecular weight is 320 g/mol. The van der Waals surface area contributed by atoms with Crippen LogP contribution in [0, 0.1) is 6.92 Å². The van der Waals surface area contributed by atoms with Gasteiger partial charge < -0.3 is 9.84 Å². The van der Waals surface area contributed by atoms with Crippen LogP contribution in [-0.4, -0.2) is 16.0 Å². The molecular weight excluding hydrogens is 302 g/mol. The van der Waals surface area contributed by atoms with E-state index in [4.69, 9.17) is 16.1 Å². The Kier molecular flexibility index (Phi) is 4.16. The minimum atomic E-state index is -0.546. The number of rotatable bonds is 3. The smallest absolute Gasteiger partial charge is 0.252 e. The van der Waals surface area contributed by atoms with Gasteiger partial charge in [-0.15, -0.1) is 0 Å².